The average molecular weight is 252 g/mol. The molecular weight excluding hydrogens is 236 g/mol. The summed E-state index contributed by atoms with van der Waals surface area (Å²) in [7, 11) is 0. The molecule has 2 aliphatic carbocycles. The van der Waals surface area contributed by atoms with Gasteiger partial charge in [-0.25, -0.2) is 0 Å². The number of rotatable bonds is 4. The normalized spacial score (nSPS) is 35.3. The van der Waals surface area contributed by atoms with Crippen molar-refractivity contribution < 1.29 is 9.90 Å². The fourth-order valence-corrected chi connectivity index (χ4v) is 4.03. The van der Waals surface area contributed by atoms with E-state index in [2.05, 4.69) is 10.3 Å². The monoisotopic (exact) mass is 252 g/mol. The second-order valence-electron chi connectivity index (χ2n) is 5.07. The van der Waals surface area contributed by atoms with Gasteiger partial charge in [-0.15, -0.1) is 11.3 Å². The minimum absolute atomic E-state index is 0.161. The van der Waals surface area contributed by atoms with Crippen LogP contribution in [0.15, 0.2) is 11.7 Å². The number of carbonyl (C=O) groups is 1. The summed E-state index contributed by atoms with van der Waals surface area (Å²) < 4.78 is 0. The van der Waals surface area contributed by atoms with Gasteiger partial charge in [0.25, 0.3) is 0 Å². The Labute approximate surface area is 104 Å². The van der Waals surface area contributed by atoms with Crippen LogP contribution in [-0.4, -0.2) is 22.1 Å². The third-order valence-electron chi connectivity index (χ3n) is 4.20. The minimum Gasteiger partial charge on any atom is -0.481 e. The number of nitrogens with zero attached hydrogens (tertiary/aromatic N) is 1. The third kappa shape index (κ3) is 1.98. The first-order valence-electron chi connectivity index (χ1n) is 6.09. The zero-order chi connectivity index (χ0) is 11.8. The molecule has 2 saturated carbocycles. The molecule has 4 unspecified atom stereocenters. The van der Waals surface area contributed by atoms with E-state index in [0.717, 1.165) is 19.4 Å². The van der Waals surface area contributed by atoms with Crippen molar-refractivity contribution in [3.8, 4) is 0 Å². The topological polar surface area (TPSA) is 62.2 Å². The fourth-order valence-electron chi connectivity index (χ4n) is 3.49. The highest BCUT2D eigenvalue weighted by Gasteiger charge is 2.50. The molecule has 5 heteroatoms. The molecule has 0 amide bonds. The Morgan fingerprint density at radius 1 is 1.53 bits per heavy atom. The largest absolute Gasteiger partial charge is 0.481 e. The average Bonchev–Trinajstić information content (AvgIpc) is 3.01. The summed E-state index contributed by atoms with van der Waals surface area (Å²) in [6, 6.07) is 0.161. The molecule has 92 valence electrons. The molecule has 1 heterocycles. The van der Waals surface area contributed by atoms with E-state index in [-0.39, 0.29) is 12.0 Å². The van der Waals surface area contributed by atoms with Crippen molar-refractivity contribution in [1.82, 2.24) is 10.3 Å². The Morgan fingerprint density at radius 3 is 3.06 bits per heavy atom. The van der Waals surface area contributed by atoms with Gasteiger partial charge in [0.2, 0.25) is 0 Å². The SMILES string of the molecule is O=C(O)C1C2CCC(C2)C1NCc1cncs1. The van der Waals surface area contributed by atoms with Crippen LogP contribution in [0.1, 0.15) is 24.1 Å². The van der Waals surface area contributed by atoms with Crippen molar-refractivity contribution in [2.75, 3.05) is 0 Å². The lowest BCUT2D eigenvalue weighted by molar-refractivity contribution is -0.144. The van der Waals surface area contributed by atoms with E-state index in [1.165, 1.54) is 11.3 Å². The number of carboxylic acid groups (broad SMARTS) is 1. The predicted octanol–water partition coefficient (Wildman–Crippen LogP) is 1.73. The van der Waals surface area contributed by atoms with Gasteiger partial charge >= 0.3 is 5.97 Å². The molecule has 4 atom stereocenters. The summed E-state index contributed by atoms with van der Waals surface area (Å²) in [6.45, 7) is 0.752. The molecule has 2 aliphatic rings. The third-order valence-corrected chi connectivity index (χ3v) is 4.98. The van der Waals surface area contributed by atoms with Crippen molar-refractivity contribution in [3.05, 3.63) is 16.6 Å². The van der Waals surface area contributed by atoms with Crippen molar-refractivity contribution >= 4 is 17.3 Å². The number of aromatic nitrogens is 1. The van der Waals surface area contributed by atoms with E-state index in [9.17, 15) is 9.90 Å². The van der Waals surface area contributed by atoms with Crippen LogP contribution in [0.3, 0.4) is 0 Å². The molecule has 2 fully saturated rings. The molecule has 1 aromatic rings. The zero-order valence-corrected chi connectivity index (χ0v) is 10.3. The fraction of sp³-hybridized carbons (Fsp3) is 0.667. The van der Waals surface area contributed by atoms with E-state index in [0.29, 0.717) is 11.8 Å². The van der Waals surface area contributed by atoms with Crippen molar-refractivity contribution in [2.24, 2.45) is 17.8 Å². The van der Waals surface area contributed by atoms with Crippen LogP contribution in [0, 0.1) is 17.8 Å². The van der Waals surface area contributed by atoms with Gasteiger partial charge in [0, 0.05) is 23.7 Å². The van der Waals surface area contributed by atoms with Crippen molar-refractivity contribution in [1.29, 1.82) is 0 Å². The van der Waals surface area contributed by atoms with E-state index < -0.39 is 5.97 Å². The van der Waals surface area contributed by atoms with Gasteiger partial charge in [-0.05, 0) is 31.1 Å². The highest BCUT2D eigenvalue weighted by Crippen LogP contribution is 2.48. The van der Waals surface area contributed by atoms with E-state index in [4.69, 9.17) is 0 Å². The Balaban J connectivity index is 1.67. The van der Waals surface area contributed by atoms with Crippen molar-refractivity contribution in [2.45, 2.75) is 31.8 Å². The van der Waals surface area contributed by atoms with E-state index >= 15 is 0 Å². The highest BCUT2D eigenvalue weighted by atomic mass is 32.1. The summed E-state index contributed by atoms with van der Waals surface area (Å²) in [5.74, 6) is 0.158. The smallest absolute Gasteiger partial charge is 0.308 e. The van der Waals surface area contributed by atoms with Crippen LogP contribution < -0.4 is 5.32 Å². The summed E-state index contributed by atoms with van der Waals surface area (Å²) in [5, 5.41) is 12.7. The Bertz CT molecular complexity index is 407. The lowest BCUT2D eigenvalue weighted by Crippen LogP contribution is -2.43. The maximum atomic E-state index is 11.3. The summed E-state index contributed by atoms with van der Waals surface area (Å²) in [4.78, 5) is 16.5. The Hall–Kier alpha value is -0.940. The first kappa shape index (κ1) is 11.2. The molecule has 2 bridgehead atoms. The standard InChI is InChI=1S/C12H16N2O2S/c15-12(16)10-7-1-2-8(3-7)11(10)14-5-9-4-13-6-17-9/h4,6-8,10-11,14H,1-3,5H2,(H,15,16). The number of thiazole rings is 1. The minimum atomic E-state index is -0.626. The summed E-state index contributed by atoms with van der Waals surface area (Å²) >= 11 is 1.61. The maximum Gasteiger partial charge on any atom is 0.308 e. The van der Waals surface area contributed by atoms with E-state index in [1.807, 2.05) is 11.7 Å². The second kappa shape index (κ2) is 4.38. The molecular formula is C12H16N2O2S. The number of hydrogen-bond donors (Lipinski definition) is 2. The van der Waals surface area contributed by atoms with Gasteiger partial charge in [0.05, 0.1) is 11.4 Å². The first-order valence-corrected chi connectivity index (χ1v) is 6.97. The first-order chi connectivity index (χ1) is 8.25. The number of nitrogens with one attached hydrogen (secondary N) is 1. The molecule has 0 radical (unpaired) electrons. The maximum absolute atomic E-state index is 11.3. The van der Waals surface area contributed by atoms with Crippen LogP contribution in [-0.2, 0) is 11.3 Å². The van der Waals surface area contributed by atoms with Gasteiger partial charge in [-0.3, -0.25) is 9.78 Å². The highest BCUT2D eigenvalue weighted by molar-refractivity contribution is 7.09. The number of aliphatic carboxylic acids is 1. The van der Waals surface area contributed by atoms with Crippen LogP contribution in [0.4, 0.5) is 0 Å². The molecule has 17 heavy (non-hydrogen) atoms. The quantitative estimate of drug-likeness (QED) is 0.856. The lowest BCUT2D eigenvalue weighted by Gasteiger charge is -2.28. The molecule has 3 rings (SSSR count). The Kier molecular flexibility index (Phi) is 2.88. The predicted molar refractivity (Wildman–Crippen MR) is 64.7 cm³/mol. The number of fused-ring (bicyclic) bond motifs is 2. The van der Waals surface area contributed by atoms with Gasteiger partial charge in [0.15, 0.2) is 0 Å². The van der Waals surface area contributed by atoms with Gasteiger partial charge in [0.1, 0.15) is 0 Å². The zero-order valence-electron chi connectivity index (χ0n) is 9.50. The van der Waals surface area contributed by atoms with Crippen LogP contribution in [0.25, 0.3) is 0 Å². The Morgan fingerprint density at radius 2 is 2.35 bits per heavy atom. The number of hydrogen-bond acceptors (Lipinski definition) is 4. The van der Waals surface area contributed by atoms with Gasteiger partial charge in [-0.2, -0.15) is 0 Å². The van der Waals surface area contributed by atoms with Crippen LogP contribution in [0.2, 0.25) is 0 Å². The molecule has 0 spiro atoms. The van der Waals surface area contributed by atoms with E-state index in [1.54, 1.807) is 11.3 Å². The second-order valence-corrected chi connectivity index (χ2v) is 6.04. The van der Waals surface area contributed by atoms with Gasteiger partial charge < -0.3 is 10.4 Å². The van der Waals surface area contributed by atoms with Gasteiger partial charge in [-0.1, -0.05) is 0 Å². The molecule has 1 aromatic heterocycles. The van der Waals surface area contributed by atoms with Crippen molar-refractivity contribution in [3.63, 3.8) is 0 Å². The molecule has 0 saturated heterocycles. The molecule has 0 aliphatic heterocycles. The lowest BCUT2D eigenvalue weighted by atomic mass is 9.84. The summed E-state index contributed by atoms with van der Waals surface area (Å²) in [6.07, 6.45) is 5.23. The molecule has 4 nitrogen and oxygen atoms in total. The molecule has 2 N–H and O–H groups in total. The summed E-state index contributed by atoms with van der Waals surface area (Å²) in [5.41, 5.74) is 1.81. The molecule has 0 aromatic carbocycles. The van der Waals surface area contributed by atoms with Crippen LogP contribution in [0.5, 0.6) is 0 Å². The van der Waals surface area contributed by atoms with Crippen LogP contribution >= 0.6 is 11.3 Å². The number of carboxylic acids is 1.